The molecule has 110 valence electrons. The summed E-state index contributed by atoms with van der Waals surface area (Å²) in [6.07, 6.45) is 0. The lowest BCUT2D eigenvalue weighted by Gasteiger charge is -2.09. The number of carbonyl (C=O) groups is 1. The van der Waals surface area contributed by atoms with E-state index in [4.69, 9.17) is 4.74 Å². The zero-order valence-corrected chi connectivity index (χ0v) is 12.1. The van der Waals surface area contributed by atoms with Gasteiger partial charge < -0.3 is 15.4 Å². The van der Waals surface area contributed by atoms with Gasteiger partial charge in [0.2, 0.25) is 0 Å². The molecule has 2 aromatic carbocycles. The topological polar surface area (TPSA) is 50.4 Å². The third kappa shape index (κ3) is 5.57. The Balaban J connectivity index is 1.61. The molecule has 0 saturated carbocycles. The van der Waals surface area contributed by atoms with Gasteiger partial charge in [-0.25, -0.2) is 4.79 Å². The standard InChI is InChI=1S/C17H20N2O2/c1-14-6-5-9-16(12-14)21-11-10-18-17(20)19-13-15-7-3-2-4-8-15/h2-9,12H,10-11,13H2,1H3,(H2,18,19,20). The van der Waals surface area contributed by atoms with E-state index < -0.39 is 0 Å². The minimum absolute atomic E-state index is 0.188. The maximum atomic E-state index is 11.6. The van der Waals surface area contributed by atoms with Gasteiger partial charge in [-0.3, -0.25) is 0 Å². The lowest BCUT2D eigenvalue weighted by atomic mass is 10.2. The molecule has 4 nitrogen and oxygen atoms in total. The highest BCUT2D eigenvalue weighted by Gasteiger charge is 2.00. The number of hydrogen-bond donors (Lipinski definition) is 2. The summed E-state index contributed by atoms with van der Waals surface area (Å²) in [6, 6.07) is 17.4. The van der Waals surface area contributed by atoms with Crippen LogP contribution >= 0.6 is 0 Å². The van der Waals surface area contributed by atoms with Crippen LogP contribution in [0.5, 0.6) is 5.75 Å². The fourth-order valence-electron chi connectivity index (χ4n) is 1.88. The Morgan fingerprint density at radius 1 is 1.05 bits per heavy atom. The Labute approximate surface area is 125 Å². The molecule has 0 fully saturated rings. The maximum Gasteiger partial charge on any atom is 0.315 e. The molecule has 0 unspecified atom stereocenters. The Hall–Kier alpha value is -2.49. The lowest BCUT2D eigenvalue weighted by Crippen LogP contribution is -2.37. The molecule has 2 N–H and O–H groups in total. The van der Waals surface area contributed by atoms with Gasteiger partial charge in [-0.05, 0) is 30.2 Å². The van der Waals surface area contributed by atoms with Crippen LogP contribution in [-0.4, -0.2) is 19.2 Å². The molecule has 0 spiro atoms. The number of benzene rings is 2. The monoisotopic (exact) mass is 284 g/mol. The molecule has 2 aromatic rings. The molecule has 0 aliphatic carbocycles. The van der Waals surface area contributed by atoms with E-state index in [9.17, 15) is 4.79 Å². The van der Waals surface area contributed by atoms with Crippen molar-refractivity contribution in [2.45, 2.75) is 13.5 Å². The minimum atomic E-state index is -0.188. The molecule has 0 atom stereocenters. The third-order valence-corrected chi connectivity index (χ3v) is 2.94. The van der Waals surface area contributed by atoms with Crippen LogP contribution in [0.25, 0.3) is 0 Å². The Morgan fingerprint density at radius 2 is 1.86 bits per heavy atom. The van der Waals surface area contributed by atoms with E-state index in [2.05, 4.69) is 10.6 Å². The van der Waals surface area contributed by atoms with E-state index in [1.165, 1.54) is 0 Å². The number of rotatable bonds is 6. The number of hydrogen-bond acceptors (Lipinski definition) is 2. The van der Waals surface area contributed by atoms with Gasteiger partial charge in [0, 0.05) is 6.54 Å². The largest absolute Gasteiger partial charge is 0.492 e. The van der Waals surface area contributed by atoms with Crippen molar-refractivity contribution in [3.8, 4) is 5.75 Å². The van der Waals surface area contributed by atoms with Gasteiger partial charge in [0.1, 0.15) is 12.4 Å². The molecule has 4 heteroatoms. The highest BCUT2D eigenvalue weighted by Crippen LogP contribution is 2.11. The Morgan fingerprint density at radius 3 is 2.62 bits per heavy atom. The van der Waals surface area contributed by atoms with E-state index in [-0.39, 0.29) is 6.03 Å². The molecule has 0 saturated heterocycles. The molecule has 0 heterocycles. The Kier molecular flexibility index (Phi) is 5.64. The van der Waals surface area contributed by atoms with Gasteiger partial charge in [0.25, 0.3) is 0 Å². The normalized spacial score (nSPS) is 9.95. The van der Waals surface area contributed by atoms with Crippen molar-refractivity contribution in [2.24, 2.45) is 0 Å². The molecule has 0 bridgehead atoms. The first-order valence-electron chi connectivity index (χ1n) is 6.99. The van der Waals surface area contributed by atoms with Crippen LogP contribution in [0.2, 0.25) is 0 Å². The predicted molar refractivity (Wildman–Crippen MR) is 83.4 cm³/mol. The number of ether oxygens (including phenoxy) is 1. The first-order valence-corrected chi connectivity index (χ1v) is 6.99. The predicted octanol–water partition coefficient (Wildman–Crippen LogP) is 2.87. The van der Waals surface area contributed by atoms with E-state index >= 15 is 0 Å². The number of amides is 2. The average Bonchev–Trinajstić information content (AvgIpc) is 2.51. The highest BCUT2D eigenvalue weighted by atomic mass is 16.5. The van der Waals surface area contributed by atoms with Gasteiger partial charge in [-0.15, -0.1) is 0 Å². The van der Waals surface area contributed by atoms with Crippen molar-refractivity contribution in [1.82, 2.24) is 10.6 Å². The number of nitrogens with one attached hydrogen (secondary N) is 2. The molecule has 0 aliphatic rings. The van der Waals surface area contributed by atoms with Crippen LogP contribution in [0.4, 0.5) is 4.79 Å². The van der Waals surface area contributed by atoms with Crippen LogP contribution < -0.4 is 15.4 Å². The smallest absolute Gasteiger partial charge is 0.315 e. The van der Waals surface area contributed by atoms with Crippen LogP contribution in [0.15, 0.2) is 54.6 Å². The Bertz CT molecular complexity index is 570. The molecule has 2 rings (SSSR count). The first-order chi connectivity index (χ1) is 10.2. The minimum Gasteiger partial charge on any atom is -0.492 e. The third-order valence-electron chi connectivity index (χ3n) is 2.94. The average molecular weight is 284 g/mol. The zero-order valence-electron chi connectivity index (χ0n) is 12.1. The van der Waals surface area contributed by atoms with Crippen molar-refractivity contribution >= 4 is 6.03 Å². The second-order valence-electron chi connectivity index (χ2n) is 4.76. The van der Waals surface area contributed by atoms with Crippen LogP contribution in [0.1, 0.15) is 11.1 Å². The van der Waals surface area contributed by atoms with Gasteiger partial charge in [0.15, 0.2) is 0 Å². The number of aryl methyl sites for hydroxylation is 1. The van der Waals surface area contributed by atoms with Crippen molar-refractivity contribution in [3.63, 3.8) is 0 Å². The molecule has 0 aromatic heterocycles. The SMILES string of the molecule is Cc1cccc(OCCNC(=O)NCc2ccccc2)c1. The highest BCUT2D eigenvalue weighted by molar-refractivity contribution is 5.73. The van der Waals surface area contributed by atoms with Crippen LogP contribution in [0.3, 0.4) is 0 Å². The summed E-state index contributed by atoms with van der Waals surface area (Å²) in [7, 11) is 0. The van der Waals surface area contributed by atoms with Crippen molar-refractivity contribution in [2.75, 3.05) is 13.2 Å². The second kappa shape index (κ2) is 7.94. The van der Waals surface area contributed by atoms with Crippen LogP contribution in [-0.2, 0) is 6.54 Å². The molecule has 0 radical (unpaired) electrons. The van der Waals surface area contributed by atoms with Crippen molar-refractivity contribution in [3.05, 3.63) is 65.7 Å². The van der Waals surface area contributed by atoms with Crippen LogP contribution in [0, 0.1) is 6.92 Å². The lowest BCUT2D eigenvalue weighted by molar-refractivity contribution is 0.236. The van der Waals surface area contributed by atoms with E-state index in [0.29, 0.717) is 19.7 Å². The fourth-order valence-corrected chi connectivity index (χ4v) is 1.88. The summed E-state index contributed by atoms with van der Waals surface area (Å²) in [5.41, 5.74) is 2.23. The van der Waals surface area contributed by atoms with Gasteiger partial charge in [0.05, 0.1) is 6.54 Å². The first kappa shape index (κ1) is 14.9. The summed E-state index contributed by atoms with van der Waals surface area (Å²) in [6.45, 7) is 3.45. The van der Waals surface area contributed by atoms with E-state index in [1.54, 1.807) is 0 Å². The van der Waals surface area contributed by atoms with Crippen molar-refractivity contribution < 1.29 is 9.53 Å². The summed E-state index contributed by atoms with van der Waals surface area (Å²) < 4.78 is 5.56. The molecule has 0 aliphatic heterocycles. The zero-order chi connectivity index (χ0) is 14.9. The van der Waals surface area contributed by atoms with Gasteiger partial charge >= 0.3 is 6.03 Å². The molecular formula is C17H20N2O2. The number of urea groups is 1. The van der Waals surface area contributed by atoms with E-state index in [1.807, 2.05) is 61.5 Å². The summed E-state index contributed by atoms with van der Waals surface area (Å²) in [5.74, 6) is 0.821. The summed E-state index contributed by atoms with van der Waals surface area (Å²) in [5, 5.41) is 5.56. The number of carbonyl (C=O) groups excluding carboxylic acids is 1. The van der Waals surface area contributed by atoms with E-state index in [0.717, 1.165) is 16.9 Å². The summed E-state index contributed by atoms with van der Waals surface area (Å²) in [4.78, 5) is 11.6. The quantitative estimate of drug-likeness (QED) is 0.801. The molecule has 2 amide bonds. The molecule has 21 heavy (non-hydrogen) atoms. The fraction of sp³-hybridized carbons (Fsp3) is 0.235. The van der Waals surface area contributed by atoms with Gasteiger partial charge in [-0.1, -0.05) is 42.5 Å². The van der Waals surface area contributed by atoms with Crippen molar-refractivity contribution in [1.29, 1.82) is 0 Å². The second-order valence-corrected chi connectivity index (χ2v) is 4.76. The summed E-state index contributed by atoms with van der Waals surface area (Å²) >= 11 is 0. The maximum absolute atomic E-state index is 11.6. The van der Waals surface area contributed by atoms with Gasteiger partial charge in [-0.2, -0.15) is 0 Å². The molecular weight excluding hydrogens is 264 g/mol.